The van der Waals surface area contributed by atoms with E-state index < -0.39 is 30.4 Å². The fourth-order valence-electron chi connectivity index (χ4n) is 4.84. The van der Waals surface area contributed by atoms with Gasteiger partial charge in [-0.15, -0.1) is 0 Å². The van der Waals surface area contributed by atoms with Crippen LogP contribution in [0.5, 0.6) is 0 Å². The van der Waals surface area contributed by atoms with Crippen LogP contribution in [0.15, 0.2) is 121 Å². The first kappa shape index (κ1) is 30.2. The number of benzene rings is 4. The van der Waals surface area contributed by atoms with Crippen LogP contribution in [0, 0.1) is 0 Å². The third kappa shape index (κ3) is 8.85. The Kier molecular flexibility index (Phi) is 11.4. The standard InChI is InChI=1S/C35H36O6Se/c1-26(36)40-33-32(38-23-28-16-8-3-9-17-28)31(25-37-22-27-14-6-2-7-15-27)41-35(42-30-20-12-5-13-21-30)34(33)39-24-29-18-10-4-11-19-29/h2-21,31-35H,22-25H2,1H3/t31-,32-,33+,34-,35+/m1/s1. The van der Waals surface area contributed by atoms with E-state index in [0.717, 1.165) is 21.2 Å². The van der Waals surface area contributed by atoms with E-state index in [2.05, 4.69) is 12.1 Å². The molecule has 1 heterocycles. The van der Waals surface area contributed by atoms with Crippen LogP contribution in [0.2, 0.25) is 0 Å². The van der Waals surface area contributed by atoms with Crippen molar-refractivity contribution in [3.63, 3.8) is 0 Å². The average molecular weight is 632 g/mol. The topological polar surface area (TPSA) is 63.2 Å². The van der Waals surface area contributed by atoms with E-state index in [9.17, 15) is 4.79 Å². The number of ether oxygens (including phenoxy) is 5. The van der Waals surface area contributed by atoms with Gasteiger partial charge >= 0.3 is 255 Å². The summed E-state index contributed by atoms with van der Waals surface area (Å²) in [6, 6.07) is 40.2. The van der Waals surface area contributed by atoms with Crippen molar-refractivity contribution in [1.82, 2.24) is 0 Å². The molecule has 4 aromatic carbocycles. The first-order valence-electron chi connectivity index (χ1n) is 14.1. The molecule has 1 saturated heterocycles. The molecule has 1 fully saturated rings. The fraction of sp³-hybridized carbons (Fsp3) is 0.286. The molecule has 6 nitrogen and oxygen atoms in total. The summed E-state index contributed by atoms with van der Waals surface area (Å²) in [5.41, 5.74) is 3.11. The second-order valence-electron chi connectivity index (χ2n) is 10.1. The maximum atomic E-state index is 12.5. The zero-order valence-electron chi connectivity index (χ0n) is 23.6. The van der Waals surface area contributed by atoms with Crippen LogP contribution < -0.4 is 4.46 Å². The van der Waals surface area contributed by atoms with Crippen LogP contribution >= 0.6 is 0 Å². The summed E-state index contributed by atoms with van der Waals surface area (Å²) in [5, 5.41) is -0.338. The summed E-state index contributed by atoms with van der Waals surface area (Å²) >= 11 is -0.136. The molecule has 5 rings (SSSR count). The van der Waals surface area contributed by atoms with E-state index in [1.54, 1.807) is 0 Å². The molecule has 0 aliphatic carbocycles. The Bertz CT molecular complexity index is 1340. The molecule has 5 atom stereocenters. The quantitative estimate of drug-likeness (QED) is 0.152. The van der Waals surface area contributed by atoms with Crippen molar-refractivity contribution in [2.75, 3.05) is 6.61 Å². The number of hydrogen-bond acceptors (Lipinski definition) is 6. The van der Waals surface area contributed by atoms with E-state index in [1.165, 1.54) is 6.92 Å². The van der Waals surface area contributed by atoms with Gasteiger partial charge in [-0.3, -0.25) is 0 Å². The van der Waals surface area contributed by atoms with Crippen LogP contribution in [0.25, 0.3) is 0 Å². The molecular formula is C35H36O6Se. The van der Waals surface area contributed by atoms with E-state index >= 15 is 0 Å². The summed E-state index contributed by atoms with van der Waals surface area (Å²) in [6.45, 7) is 2.83. The number of carbonyl (C=O) groups excluding carboxylic acids is 1. The van der Waals surface area contributed by atoms with E-state index in [4.69, 9.17) is 23.7 Å². The van der Waals surface area contributed by atoms with Crippen molar-refractivity contribution in [1.29, 1.82) is 0 Å². The Morgan fingerprint density at radius 1 is 0.643 bits per heavy atom. The normalized spacial score (nSPS) is 22.0. The molecule has 7 heteroatoms. The summed E-state index contributed by atoms with van der Waals surface area (Å²) in [5.74, 6) is -0.390. The molecule has 0 aromatic heterocycles. The molecule has 0 bridgehead atoms. The van der Waals surface area contributed by atoms with Crippen LogP contribution in [0.4, 0.5) is 0 Å². The maximum absolute atomic E-state index is 12.5. The molecule has 0 N–H and O–H groups in total. The van der Waals surface area contributed by atoms with Crippen LogP contribution in [0.3, 0.4) is 0 Å². The molecule has 1 aliphatic rings. The van der Waals surface area contributed by atoms with Gasteiger partial charge in [-0.1, -0.05) is 0 Å². The Morgan fingerprint density at radius 3 is 1.64 bits per heavy atom. The second kappa shape index (κ2) is 15.8. The van der Waals surface area contributed by atoms with E-state index in [-0.39, 0.29) is 26.6 Å². The molecule has 0 unspecified atom stereocenters. The summed E-state index contributed by atoms with van der Waals surface area (Å²) in [6.07, 6.45) is -2.31. The summed E-state index contributed by atoms with van der Waals surface area (Å²) in [7, 11) is 0. The van der Waals surface area contributed by atoms with Crippen LogP contribution in [-0.2, 0) is 48.3 Å². The van der Waals surface area contributed by atoms with E-state index in [0.29, 0.717) is 19.8 Å². The molecule has 42 heavy (non-hydrogen) atoms. The van der Waals surface area contributed by atoms with Gasteiger partial charge < -0.3 is 0 Å². The van der Waals surface area contributed by atoms with Crippen molar-refractivity contribution in [2.45, 2.75) is 56.2 Å². The van der Waals surface area contributed by atoms with Gasteiger partial charge in [-0.05, 0) is 0 Å². The van der Waals surface area contributed by atoms with Gasteiger partial charge in [0.2, 0.25) is 0 Å². The summed E-state index contributed by atoms with van der Waals surface area (Å²) in [4.78, 5) is 12.5. The Morgan fingerprint density at radius 2 is 1.12 bits per heavy atom. The second-order valence-corrected chi connectivity index (χ2v) is 12.5. The molecule has 1 aliphatic heterocycles. The molecule has 0 amide bonds. The van der Waals surface area contributed by atoms with Gasteiger partial charge in [0.25, 0.3) is 0 Å². The van der Waals surface area contributed by atoms with Gasteiger partial charge in [-0.25, -0.2) is 0 Å². The van der Waals surface area contributed by atoms with Crippen molar-refractivity contribution in [3.8, 4) is 0 Å². The predicted octanol–water partition coefficient (Wildman–Crippen LogP) is 5.06. The Hall–Kier alpha value is -3.29. The first-order chi connectivity index (χ1) is 20.7. The predicted molar refractivity (Wildman–Crippen MR) is 162 cm³/mol. The average Bonchev–Trinajstić information content (AvgIpc) is 3.02. The zero-order valence-corrected chi connectivity index (χ0v) is 25.3. The van der Waals surface area contributed by atoms with Gasteiger partial charge in [0.1, 0.15) is 0 Å². The number of carbonyl (C=O) groups is 1. The van der Waals surface area contributed by atoms with Crippen LogP contribution in [-0.4, -0.2) is 57.0 Å². The van der Waals surface area contributed by atoms with Gasteiger partial charge in [0.05, 0.1) is 0 Å². The van der Waals surface area contributed by atoms with E-state index in [1.807, 2.05) is 109 Å². The Labute approximate surface area is 254 Å². The molecule has 0 spiro atoms. The zero-order chi connectivity index (χ0) is 29.0. The third-order valence-corrected chi connectivity index (χ3v) is 9.28. The number of hydrogen-bond donors (Lipinski definition) is 0. The van der Waals surface area contributed by atoms with Gasteiger partial charge in [0, 0.05) is 0 Å². The molecule has 0 radical (unpaired) electrons. The van der Waals surface area contributed by atoms with Gasteiger partial charge in [-0.2, -0.15) is 0 Å². The molecule has 218 valence electrons. The van der Waals surface area contributed by atoms with Crippen molar-refractivity contribution < 1.29 is 28.5 Å². The Balaban J connectivity index is 1.43. The van der Waals surface area contributed by atoms with Crippen LogP contribution in [0.1, 0.15) is 23.6 Å². The van der Waals surface area contributed by atoms with Crippen molar-refractivity contribution in [3.05, 3.63) is 138 Å². The fourth-order valence-corrected chi connectivity index (χ4v) is 7.25. The third-order valence-electron chi connectivity index (χ3n) is 6.85. The molecular weight excluding hydrogens is 595 g/mol. The minimum absolute atomic E-state index is 0.136. The van der Waals surface area contributed by atoms with Gasteiger partial charge in [0.15, 0.2) is 0 Å². The minimum atomic E-state index is -0.690. The molecule has 4 aromatic rings. The number of esters is 1. The van der Waals surface area contributed by atoms with Crippen molar-refractivity contribution in [2.24, 2.45) is 0 Å². The SMILES string of the molecule is CC(=O)O[C@@H]1[C@@H](OCc2ccccc2)[C@H]([Se]c2ccccc2)O[C@H](COCc2ccccc2)[C@H]1OCc1ccccc1. The summed E-state index contributed by atoms with van der Waals surface area (Å²) < 4.78 is 33.3. The number of rotatable bonds is 13. The van der Waals surface area contributed by atoms with Crippen molar-refractivity contribution >= 4 is 25.4 Å². The monoisotopic (exact) mass is 632 g/mol. The first-order valence-corrected chi connectivity index (χ1v) is 16.0. The molecule has 0 saturated carbocycles.